The second kappa shape index (κ2) is 4.05. The predicted octanol–water partition coefficient (Wildman–Crippen LogP) is 1.24. The normalized spacial score (nSPS) is 10.6. The molecule has 1 aromatic rings. The number of carbonyl (C=O) groups is 1. The number of halogens is 2. The van der Waals surface area contributed by atoms with Crippen molar-refractivity contribution in [2.45, 2.75) is 0 Å². The third kappa shape index (κ3) is 2.87. The lowest BCUT2D eigenvalue weighted by atomic mass is 10.2. The average molecular weight is 200 g/mol. The fourth-order valence-corrected chi connectivity index (χ4v) is 0.898. The van der Waals surface area contributed by atoms with E-state index in [0.29, 0.717) is 5.56 Å². The Hall–Kier alpha value is -1.35. The molecule has 13 heavy (non-hydrogen) atoms. The minimum Gasteiger partial charge on any atom is -0.545 e. The number of carboxylic acid groups (broad SMARTS) is 1. The smallest absolute Gasteiger partial charge is 0.142 e. The van der Waals surface area contributed by atoms with Gasteiger partial charge in [0.05, 0.1) is 11.0 Å². The molecule has 68 valence electrons. The van der Waals surface area contributed by atoms with Crippen LogP contribution in [0, 0.1) is 5.82 Å². The van der Waals surface area contributed by atoms with Crippen LogP contribution in [0.2, 0.25) is 5.02 Å². The number of rotatable bonds is 2. The number of hydrogen-bond donors (Lipinski definition) is 0. The molecule has 1 aromatic carbocycles. The summed E-state index contributed by atoms with van der Waals surface area (Å²) in [4.78, 5) is 10.0. The van der Waals surface area contributed by atoms with Crippen molar-refractivity contribution >= 4 is 23.6 Å². The van der Waals surface area contributed by atoms with Gasteiger partial charge in [-0.2, -0.15) is 0 Å². The molecule has 0 saturated carbocycles. The molecule has 0 aromatic heterocycles. The topological polar surface area (TPSA) is 40.1 Å². The Morgan fingerprint density at radius 1 is 1.54 bits per heavy atom. The number of carbonyl (C=O) groups excluding carboxylic acids is 1. The summed E-state index contributed by atoms with van der Waals surface area (Å²) in [6.45, 7) is 0. The van der Waals surface area contributed by atoms with Gasteiger partial charge in [0.1, 0.15) is 5.82 Å². The Morgan fingerprint density at radius 2 is 2.23 bits per heavy atom. The van der Waals surface area contributed by atoms with E-state index in [2.05, 4.69) is 0 Å². The highest BCUT2D eigenvalue weighted by atomic mass is 35.5. The number of hydrogen-bond acceptors (Lipinski definition) is 2. The second-order valence-electron chi connectivity index (χ2n) is 2.33. The first-order chi connectivity index (χ1) is 6.09. The molecule has 0 aliphatic carbocycles. The van der Waals surface area contributed by atoms with Gasteiger partial charge in [0.25, 0.3) is 0 Å². The molecule has 0 spiro atoms. The molecule has 0 saturated heterocycles. The lowest BCUT2D eigenvalue weighted by molar-refractivity contribution is -0.297. The third-order valence-corrected chi connectivity index (χ3v) is 1.66. The Morgan fingerprint density at radius 3 is 2.77 bits per heavy atom. The van der Waals surface area contributed by atoms with Gasteiger partial charge in [-0.25, -0.2) is 4.39 Å². The van der Waals surface area contributed by atoms with Gasteiger partial charge in [0.15, 0.2) is 0 Å². The van der Waals surface area contributed by atoms with Crippen LogP contribution in [0.5, 0.6) is 0 Å². The van der Waals surface area contributed by atoms with Crippen molar-refractivity contribution in [3.63, 3.8) is 0 Å². The van der Waals surface area contributed by atoms with Crippen molar-refractivity contribution in [3.8, 4) is 0 Å². The summed E-state index contributed by atoms with van der Waals surface area (Å²) in [6.07, 6.45) is 2.05. The highest BCUT2D eigenvalue weighted by Crippen LogP contribution is 2.16. The summed E-state index contributed by atoms with van der Waals surface area (Å²) in [6, 6.07) is 4.00. The van der Waals surface area contributed by atoms with Gasteiger partial charge in [-0.1, -0.05) is 23.7 Å². The number of carboxylic acids is 1. The Bertz CT molecular complexity index is 361. The zero-order valence-electron chi connectivity index (χ0n) is 6.46. The third-order valence-electron chi connectivity index (χ3n) is 1.36. The SMILES string of the molecule is O=C([O-])/C=C/c1ccc(Cl)c(F)c1. The Labute approximate surface area is 79.3 Å². The van der Waals surface area contributed by atoms with Gasteiger partial charge in [0.2, 0.25) is 0 Å². The zero-order valence-corrected chi connectivity index (χ0v) is 7.22. The number of benzene rings is 1. The van der Waals surface area contributed by atoms with E-state index < -0.39 is 11.8 Å². The van der Waals surface area contributed by atoms with Gasteiger partial charge in [-0.3, -0.25) is 0 Å². The molecule has 0 aliphatic heterocycles. The first kappa shape index (κ1) is 9.74. The minimum absolute atomic E-state index is 0.00519. The van der Waals surface area contributed by atoms with Gasteiger partial charge in [-0.05, 0) is 23.8 Å². The summed E-state index contributed by atoms with van der Waals surface area (Å²) >= 11 is 5.42. The summed E-state index contributed by atoms with van der Waals surface area (Å²) in [5.74, 6) is -1.91. The Kier molecular flexibility index (Phi) is 3.03. The van der Waals surface area contributed by atoms with E-state index in [1.165, 1.54) is 18.2 Å². The highest BCUT2D eigenvalue weighted by Gasteiger charge is 1.97. The molecule has 2 nitrogen and oxygen atoms in total. The van der Waals surface area contributed by atoms with E-state index in [1.54, 1.807) is 0 Å². The van der Waals surface area contributed by atoms with Crippen LogP contribution in [-0.4, -0.2) is 5.97 Å². The van der Waals surface area contributed by atoms with Crippen molar-refractivity contribution in [2.75, 3.05) is 0 Å². The number of aliphatic carboxylic acids is 1. The lowest BCUT2D eigenvalue weighted by Gasteiger charge is -1.96. The van der Waals surface area contributed by atoms with E-state index in [1.807, 2.05) is 0 Å². The van der Waals surface area contributed by atoms with Crippen LogP contribution in [0.3, 0.4) is 0 Å². The standard InChI is InChI=1S/C9H6ClFO2/c10-7-3-1-6(5-8(7)11)2-4-9(12)13/h1-5H,(H,12,13)/p-1/b4-2+. The molecule has 0 radical (unpaired) electrons. The Balaban J connectivity index is 2.92. The summed E-state index contributed by atoms with van der Waals surface area (Å²) in [5, 5.41) is 10.0. The van der Waals surface area contributed by atoms with Crippen molar-refractivity contribution in [1.29, 1.82) is 0 Å². The molecule has 0 heterocycles. The summed E-state index contributed by atoms with van der Waals surface area (Å²) < 4.78 is 12.8. The average Bonchev–Trinajstić information content (AvgIpc) is 2.07. The minimum atomic E-state index is -1.32. The quantitative estimate of drug-likeness (QED) is 0.673. The molecule has 0 aliphatic rings. The molecule has 4 heteroatoms. The molecule has 0 atom stereocenters. The van der Waals surface area contributed by atoms with Crippen LogP contribution >= 0.6 is 11.6 Å². The summed E-state index contributed by atoms with van der Waals surface area (Å²) in [5.41, 5.74) is 0.422. The van der Waals surface area contributed by atoms with E-state index in [4.69, 9.17) is 11.6 Å². The highest BCUT2D eigenvalue weighted by molar-refractivity contribution is 6.30. The van der Waals surface area contributed by atoms with Gasteiger partial charge < -0.3 is 9.90 Å². The van der Waals surface area contributed by atoms with E-state index in [9.17, 15) is 14.3 Å². The van der Waals surface area contributed by atoms with E-state index in [-0.39, 0.29) is 5.02 Å². The largest absolute Gasteiger partial charge is 0.545 e. The van der Waals surface area contributed by atoms with Crippen LogP contribution < -0.4 is 5.11 Å². The molecule has 0 bridgehead atoms. The van der Waals surface area contributed by atoms with Crippen molar-refractivity contribution < 1.29 is 14.3 Å². The molecule has 0 unspecified atom stereocenters. The molecule has 0 N–H and O–H groups in total. The molecular weight excluding hydrogens is 195 g/mol. The fourth-order valence-electron chi connectivity index (χ4n) is 0.780. The molecule has 0 fully saturated rings. The van der Waals surface area contributed by atoms with Crippen LogP contribution in [0.1, 0.15) is 5.56 Å². The lowest BCUT2D eigenvalue weighted by Crippen LogP contribution is -2.18. The molecular formula is C9H5ClFO2-. The predicted molar refractivity (Wildman–Crippen MR) is 45.5 cm³/mol. The maximum Gasteiger partial charge on any atom is 0.142 e. The maximum atomic E-state index is 12.8. The molecule has 0 amide bonds. The van der Waals surface area contributed by atoms with Crippen molar-refractivity contribution in [2.24, 2.45) is 0 Å². The van der Waals surface area contributed by atoms with Crippen LogP contribution in [0.4, 0.5) is 4.39 Å². The monoisotopic (exact) mass is 199 g/mol. The first-order valence-electron chi connectivity index (χ1n) is 3.43. The van der Waals surface area contributed by atoms with E-state index in [0.717, 1.165) is 12.1 Å². The van der Waals surface area contributed by atoms with Crippen molar-refractivity contribution in [1.82, 2.24) is 0 Å². The van der Waals surface area contributed by atoms with E-state index >= 15 is 0 Å². The fraction of sp³-hybridized carbons (Fsp3) is 0. The maximum absolute atomic E-state index is 12.8. The van der Waals surface area contributed by atoms with Crippen LogP contribution in [0.15, 0.2) is 24.3 Å². The molecule has 1 rings (SSSR count). The van der Waals surface area contributed by atoms with Gasteiger partial charge >= 0.3 is 0 Å². The van der Waals surface area contributed by atoms with Crippen molar-refractivity contribution in [3.05, 3.63) is 40.7 Å². The van der Waals surface area contributed by atoms with Crippen LogP contribution in [0.25, 0.3) is 6.08 Å². The summed E-state index contributed by atoms with van der Waals surface area (Å²) in [7, 11) is 0. The van der Waals surface area contributed by atoms with Crippen LogP contribution in [-0.2, 0) is 4.79 Å². The van der Waals surface area contributed by atoms with Gasteiger partial charge in [0, 0.05) is 0 Å². The second-order valence-corrected chi connectivity index (χ2v) is 2.73. The zero-order chi connectivity index (χ0) is 9.84. The first-order valence-corrected chi connectivity index (χ1v) is 3.81. The van der Waals surface area contributed by atoms with Gasteiger partial charge in [-0.15, -0.1) is 0 Å².